The van der Waals surface area contributed by atoms with Crippen LogP contribution in [-0.2, 0) is 0 Å². The fourth-order valence-electron chi connectivity index (χ4n) is 1.91. The second-order valence-electron chi connectivity index (χ2n) is 3.85. The van der Waals surface area contributed by atoms with Crippen molar-refractivity contribution >= 4 is 0 Å². The quantitative estimate of drug-likeness (QED) is 0.622. The molecule has 0 aromatic heterocycles. The molecule has 1 unspecified atom stereocenters. The summed E-state index contributed by atoms with van der Waals surface area (Å²) in [4.78, 5) is 0. The van der Waals surface area contributed by atoms with E-state index in [4.69, 9.17) is 0 Å². The maximum atomic E-state index is 3.85. The van der Waals surface area contributed by atoms with Crippen LogP contribution in [0, 0.1) is 6.92 Å². The normalized spacial score (nSPS) is 24.2. The highest BCUT2D eigenvalue weighted by molar-refractivity contribution is 4.71. The number of hydrogen-bond donors (Lipinski definition) is 1. The standard InChI is InChI=1S/C11H22N/c1-2-3-4-5-8-11-9-6-7-10-12-11/h11-12H,1-10H2. The Morgan fingerprint density at radius 2 is 2.08 bits per heavy atom. The fourth-order valence-corrected chi connectivity index (χ4v) is 1.91. The maximum Gasteiger partial charge on any atom is 0.00670 e. The first kappa shape index (κ1) is 10.0. The van der Waals surface area contributed by atoms with Crippen LogP contribution in [-0.4, -0.2) is 12.6 Å². The molecule has 12 heavy (non-hydrogen) atoms. The van der Waals surface area contributed by atoms with Crippen molar-refractivity contribution < 1.29 is 0 Å². The van der Waals surface area contributed by atoms with Gasteiger partial charge in [-0.3, -0.25) is 0 Å². The topological polar surface area (TPSA) is 12.0 Å². The van der Waals surface area contributed by atoms with Crippen LogP contribution in [0.4, 0.5) is 0 Å². The van der Waals surface area contributed by atoms with E-state index >= 15 is 0 Å². The third kappa shape index (κ3) is 4.10. The molecule has 1 aliphatic rings. The predicted octanol–water partition coefficient (Wildman–Crippen LogP) is 2.91. The average Bonchev–Trinajstić information content (AvgIpc) is 2.14. The molecule has 0 bridgehead atoms. The summed E-state index contributed by atoms with van der Waals surface area (Å²) in [5, 5.41) is 3.58. The molecule has 0 aromatic carbocycles. The van der Waals surface area contributed by atoms with E-state index in [1.165, 1.54) is 51.5 Å². The molecular formula is C11H22N. The number of unbranched alkanes of at least 4 members (excludes halogenated alkanes) is 3. The number of nitrogens with one attached hydrogen (secondary N) is 1. The Labute approximate surface area is 76.9 Å². The molecule has 1 saturated heterocycles. The second kappa shape index (κ2) is 6.47. The van der Waals surface area contributed by atoms with Crippen LogP contribution in [0.25, 0.3) is 0 Å². The lowest BCUT2D eigenvalue weighted by molar-refractivity contribution is 0.371. The van der Waals surface area contributed by atoms with E-state index in [1.807, 2.05) is 0 Å². The first-order chi connectivity index (χ1) is 5.93. The van der Waals surface area contributed by atoms with Crippen molar-refractivity contribution in [2.45, 2.75) is 57.4 Å². The molecule has 1 fully saturated rings. The van der Waals surface area contributed by atoms with Gasteiger partial charge in [-0.1, -0.05) is 39.0 Å². The van der Waals surface area contributed by atoms with Crippen molar-refractivity contribution in [2.75, 3.05) is 6.54 Å². The zero-order valence-corrected chi connectivity index (χ0v) is 8.15. The van der Waals surface area contributed by atoms with Crippen LogP contribution in [0.1, 0.15) is 51.4 Å². The van der Waals surface area contributed by atoms with Gasteiger partial charge in [-0.05, 0) is 25.8 Å². The average molecular weight is 168 g/mol. The molecule has 1 heteroatoms. The SMILES string of the molecule is [CH2]CCCCCC1CCCCN1. The van der Waals surface area contributed by atoms with Gasteiger partial charge in [0.05, 0.1) is 0 Å². The van der Waals surface area contributed by atoms with Crippen LogP contribution in [0.2, 0.25) is 0 Å². The lowest BCUT2D eigenvalue weighted by Gasteiger charge is -2.23. The molecule has 1 rings (SSSR count). The van der Waals surface area contributed by atoms with Crippen LogP contribution in [0.3, 0.4) is 0 Å². The van der Waals surface area contributed by atoms with Gasteiger partial charge in [-0.2, -0.15) is 0 Å². The van der Waals surface area contributed by atoms with Crippen molar-refractivity contribution in [1.82, 2.24) is 5.32 Å². The Kier molecular flexibility index (Phi) is 5.42. The molecule has 1 N–H and O–H groups in total. The van der Waals surface area contributed by atoms with Gasteiger partial charge in [0.2, 0.25) is 0 Å². The monoisotopic (exact) mass is 168 g/mol. The van der Waals surface area contributed by atoms with Gasteiger partial charge in [0, 0.05) is 6.04 Å². The van der Waals surface area contributed by atoms with E-state index in [2.05, 4.69) is 12.2 Å². The molecule has 1 atom stereocenters. The molecule has 0 amide bonds. The van der Waals surface area contributed by atoms with E-state index < -0.39 is 0 Å². The highest BCUT2D eigenvalue weighted by Gasteiger charge is 2.10. The summed E-state index contributed by atoms with van der Waals surface area (Å²) in [6.45, 7) is 5.10. The number of piperidine rings is 1. The summed E-state index contributed by atoms with van der Waals surface area (Å²) in [7, 11) is 0. The molecule has 71 valence electrons. The Balaban J connectivity index is 1.91. The van der Waals surface area contributed by atoms with Crippen LogP contribution >= 0.6 is 0 Å². The van der Waals surface area contributed by atoms with Gasteiger partial charge in [0.25, 0.3) is 0 Å². The van der Waals surface area contributed by atoms with Crippen molar-refractivity contribution in [3.63, 3.8) is 0 Å². The largest absolute Gasteiger partial charge is 0.314 e. The summed E-state index contributed by atoms with van der Waals surface area (Å²) in [5.41, 5.74) is 0. The molecule has 0 spiro atoms. The maximum absolute atomic E-state index is 3.85. The van der Waals surface area contributed by atoms with E-state index in [0.29, 0.717) is 0 Å². The summed E-state index contributed by atoms with van der Waals surface area (Å²) in [6, 6.07) is 0.837. The Morgan fingerprint density at radius 1 is 1.17 bits per heavy atom. The highest BCUT2D eigenvalue weighted by Crippen LogP contribution is 2.13. The Hall–Kier alpha value is -0.0400. The van der Waals surface area contributed by atoms with E-state index in [-0.39, 0.29) is 0 Å². The molecule has 1 heterocycles. The molecule has 1 radical (unpaired) electrons. The Morgan fingerprint density at radius 3 is 2.75 bits per heavy atom. The summed E-state index contributed by atoms with van der Waals surface area (Å²) >= 11 is 0. The molecule has 1 aliphatic heterocycles. The van der Waals surface area contributed by atoms with Gasteiger partial charge in [0.15, 0.2) is 0 Å². The van der Waals surface area contributed by atoms with Gasteiger partial charge in [-0.15, -0.1) is 0 Å². The van der Waals surface area contributed by atoms with Crippen molar-refractivity contribution in [3.8, 4) is 0 Å². The molecular weight excluding hydrogens is 146 g/mol. The third-order valence-electron chi connectivity index (χ3n) is 2.71. The van der Waals surface area contributed by atoms with Crippen LogP contribution in [0.5, 0.6) is 0 Å². The van der Waals surface area contributed by atoms with E-state index in [9.17, 15) is 0 Å². The third-order valence-corrected chi connectivity index (χ3v) is 2.71. The minimum Gasteiger partial charge on any atom is -0.314 e. The number of rotatable bonds is 5. The van der Waals surface area contributed by atoms with E-state index in [0.717, 1.165) is 12.5 Å². The lowest BCUT2D eigenvalue weighted by atomic mass is 9.99. The zero-order chi connectivity index (χ0) is 8.65. The predicted molar refractivity (Wildman–Crippen MR) is 54.1 cm³/mol. The molecule has 1 nitrogen and oxygen atoms in total. The van der Waals surface area contributed by atoms with Gasteiger partial charge >= 0.3 is 0 Å². The minimum absolute atomic E-state index is 0.837. The zero-order valence-electron chi connectivity index (χ0n) is 8.15. The van der Waals surface area contributed by atoms with E-state index in [1.54, 1.807) is 0 Å². The van der Waals surface area contributed by atoms with Crippen LogP contribution in [0.15, 0.2) is 0 Å². The summed E-state index contributed by atoms with van der Waals surface area (Å²) in [6.07, 6.45) is 10.8. The van der Waals surface area contributed by atoms with Crippen LogP contribution < -0.4 is 5.32 Å². The molecule has 0 aromatic rings. The summed E-state index contributed by atoms with van der Waals surface area (Å²) in [5.74, 6) is 0. The smallest absolute Gasteiger partial charge is 0.00670 e. The van der Waals surface area contributed by atoms with Gasteiger partial charge < -0.3 is 5.32 Å². The first-order valence-corrected chi connectivity index (χ1v) is 5.46. The highest BCUT2D eigenvalue weighted by atomic mass is 14.9. The van der Waals surface area contributed by atoms with Gasteiger partial charge in [-0.25, -0.2) is 0 Å². The second-order valence-corrected chi connectivity index (χ2v) is 3.85. The Bertz CT molecular complexity index is 95.2. The molecule has 0 aliphatic carbocycles. The molecule has 0 saturated carbocycles. The first-order valence-electron chi connectivity index (χ1n) is 5.46. The fraction of sp³-hybridized carbons (Fsp3) is 0.909. The van der Waals surface area contributed by atoms with Crippen molar-refractivity contribution in [3.05, 3.63) is 6.92 Å². The van der Waals surface area contributed by atoms with Gasteiger partial charge in [0.1, 0.15) is 0 Å². The lowest BCUT2D eigenvalue weighted by Crippen LogP contribution is -2.33. The minimum atomic E-state index is 0.837. The van der Waals surface area contributed by atoms with Crippen molar-refractivity contribution in [2.24, 2.45) is 0 Å². The summed E-state index contributed by atoms with van der Waals surface area (Å²) < 4.78 is 0. The van der Waals surface area contributed by atoms with Crippen molar-refractivity contribution in [1.29, 1.82) is 0 Å². The number of hydrogen-bond acceptors (Lipinski definition) is 1.